The average Bonchev–Trinajstić information content (AvgIpc) is 2.72. The number of hydrogen-bond donors (Lipinski definition) is 0. The summed E-state index contributed by atoms with van der Waals surface area (Å²) in [7, 11) is 0. The van der Waals surface area contributed by atoms with Gasteiger partial charge in [0, 0.05) is 18.0 Å². The number of aromatic nitrogens is 2. The molecule has 0 bridgehead atoms. The normalized spacial score (nSPS) is 10.8. The third kappa shape index (κ3) is 1.46. The summed E-state index contributed by atoms with van der Waals surface area (Å²) in [5, 5.41) is 0. The van der Waals surface area contributed by atoms with Gasteiger partial charge in [-0.15, -0.1) is 0 Å². The van der Waals surface area contributed by atoms with Gasteiger partial charge in [0.1, 0.15) is 11.5 Å². The summed E-state index contributed by atoms with van der Waals surface area (Å²) in [6, 6.07) is 12.2. The molecule has 0 saturated carbocycles. The van der Waals surface area contributed by atoms with Crippen molar-refractivity contribution in [1.29, 1.82) is 0 Å². The van der Waals surface area contributed by atoms with Gasteiger partial charge in [0.2, 0.25) is 0 Å². The molecule has 0 saturated heterocycles. The van der Waals surface area contributed by atoms with Crippen molar-refractivity contribution in [2.45, 2.75) is 0 Å². The van der Waals surface area contributed by atoms with E-state index >= 15 is 0 Å². The number of nitrogens with zero attached hydrogens (tertiary/aromatic N) is 2. The first kappa shape index (κ1) is 9.09. The van der Waals surface area contributed by atoms with E-state index < -0.39 is 0 Å². The van der Waals surface area contributed by atoms with Gasteiger partial charge in [-0.05, 0) is 24.3 Å². The molecule has 0 fully saturated rings. The molecular formula is C13H9FN2. The lowest BCUT2D eigenvalue weighted by atomic mass is 10.2. The van der Waals surface area contributed by atoms with Crippen LogP contribution in [0.4, 0.5) is 4.39 Å². The van der Waals surface area contributed by atoms with E-state index in [9.17, 15) is 4.39 Å². The van der Waals surface area contributed by atoms with Crippen LogP contribution in [-0.4, -0.2) is 9.38 Å². The fourth-order valence-corrected chi connectivity index (χ4v) is 1.72. The van der Waals surface area contributed by atoms with E-state index in [0.29, 0.717) is 0 Å². The van der Waals surface area contributed by atoms with E-state index in [4.69, 9.17) is 0 Å². The number of rotatable bonds is 1. The second-order valence-electron chi connectivity index (χ2n) is 3.60. The minimum Gasteiger partial charge on any atom is -0.306 e. The van der Waals surface area contributed by atoms with Gasteiger partial charge >= 0.3 is 0 Å². The maximum Gasteiger partial charge on any atom is 0.137 e. The second kappa shape index (κ2) is 3.45. The molecule has 3 aromatic rings. The maximum atomic E-state index is 13.1. The minimum absolute atomic E-state index is 0.241. The first-order valence-electron chi connectivity index (χ1n) is 5.02. The first-order valence-corrected chi connectivity index (χ1v) is 5.02. The van der Waals surface area contributed by atoms with Gasteiger partial charge < -0.3 is 4.40 Å². The van der Waals surface area contributed by atoms with Crippen LogP contribution in [0.1, 0.15) is 0 Å². The molecule has 0 aliphatic rings. The van der Waals surface area contributed by atoms with Crippen LogP contribution in [0.5, 0.6) is 0 Å². The Labute approximate surface area is 92.0 Å². The summed E-state index contributed by atoms with van der Waals surface area (Å²) in [4.78, 5) is 4.42. The van der Waals surface area contributed by atoms with Crippen LogP contribution in [-0.2, 0) is 0 Å². The third-order valence-electron chi connectivity index (χ3n) is 2.48. The quantitative estimate of drug-likeness (QED) is 0.605. The Kier molecular flexibility index (Phi) is 1.96. The summed E-state index contributed by atoms with van der Waals surface area (Å²) in [5.74, 6) is -0.241. The van der Waals surface area contributed by atoms with E-state index in [2.05, 4.69) is 4.98 Å². The lowest BCUT2D eigenvalue weighted by Crippen LogP contribution is -1.78. The zero-order chi connectivity index (χ0) is 11.0. The smallest absolute Gasteiger partial charge is 0.137 e. The number of halogens is 1. The molecule has 3 rings (SSSR count). The van der Waals surface area contributed by atoms with E-state index in [0.717, 1.165) is 16.9 Å². The van der Waals surface area contributed by atoms with Crippen molar-refractivity contribution in [2.24, 2.45) is 0 Å². The molecule has 1 aromatic carbocycles. The van der Waals surface area contributed by atoms with E-state index in [1.807, 2.05) is 41.1 Å². The number of hydrogen-bond acceptors (Lipinski definition) is 1. The Balaban J connectivity index is 2.19. The predicted octanol–water partition coefficient (Wildman–Crippen LogP) is 3.14. The topological polar surface area (TPSA) is 17.3 Å². The van der Waals surface area contributed by atoms with E-state index in [1.165, 1.54) is 12.1 Å². The minimum atomic E-state index is -0.241. The van der Waals surface area contributed by atoms with Gasteiger partial charge in [-0.25, -0.2) is 9.37 Å². The number of benzene rings is 1. The molecular weight excluding hydrogens is 203 g/mol. The highest BCUT2D eigenvalue weighted by atomic mass is 19.1. The summed E-state index contributed by atoms with van der Waals surface area (Å²) >= 11 is 0. The van der Waals surface area contributed by atoms with Crippen molar-refractivity contribution in [3.63, 3.8) is 0 Å². The lowest BCUT2D eigenvalue weighted by molar-refractivity contribution is 0.628. The van der Waals surface area contributed by atoms with Crippen molar-refractivity contribution in [2.75, 3.05) is 0 Å². The molecule has 0 amide bonds. The Bertz CT molecular complexity index is 610. The van der Waals surface area contributed by atoms with Crippen LogP contribution < -0.4 is 0 Å². The molecule has 0 unspecified atom stereocenters. The van der Waals surface area contributed by atoms with E-state index in [-0.39, 0.29) is 5.82 Å². The van der Waals surface area contributed by atoms with Crippen molar-refractivity contribution in [3.8, 4) is 11.3 Å². The highest BCUT2D eigenvalue weighted by molar-refractivity contribution is 5.62. The summed E-state index contributed by atoms with van der Waals surface area (Å²) in [5.41, 5.74) is 2.44. The van der Waals surface area contributed by atoms with Crippen molar-refractivity contribution in [3.05, 3.63) is 60.7 Å². The van der Waals surface area contributed by atoms with Crippen molar-refractivity contribution < 1.29 is 4.39 Å². The van der Waals surface area contributed by atoms with Crippen LogP contribution in [0, 0.1) is 5.82 Å². The number of imidazole rings is 1. The van der Waals surface area contributed by atoms with Crippen LogP contribution in [0.2, 0.25) is 0 Å². The zero-order valence-corrected chi connectivity index (χ0v) is 8.47. The summed E-state index contributed by atoms with van der Waals surface area (Å²) in [6.07, 6.45) is 3.81. The molecule has 2 heterocycles. The summed E-state index contributed by atoms with van der Waals surface area (Å²) in [6.45, 7) is 0. The van der Waals surface area contributed by atoms with Crippen molar-refractivity contribution >= 4 is 5.65 Å². The average molecular weight is 212 g/mol. The highest BCUT2D eigenvalue weighted by Crippen LogP contribution is 2.19. The molecule has 2 aromatic heterocycles. The monoisotopic (exact) mass is 212 g/mol. The van der Waals surface area contributed by atoms with Crippen LogP contribution >= 0.6 is 0 Å². The molecule has 78 valence electrons. The largest absolute Gasteiger partial charge is 0.306 e. The fraction of sp³-hybridized carbons (Fsp3) is 0. The highest BCUT2D eigenvalue weighted by Gasteiger charge is 2.04. The van der Waals surface area contributed by atoms with Gasteiger partial charge in [0.05, 0.1) is 5.69 Å². The third-order valence-corrected chi connectivity index (χ3v) is 2.48. The van der Waals surface area contributed by atoms with Gasteiger partial charge in [0.15, 0.2) is 0 Å². The Morgan fingerprint density at radius 2 is 2.00 bits per heavy atom. The number of fused-ring (bicyclic) bond motifs is 1. The zero-order valence-electron chi connectivity index (χ0n) is 8.47. The molecule has 0 radical (unpaired) electrons. The molecule has 0 N–H and O–H groups in total. The molecule has 0 aliphatic heterocycles. The Morgan fingerprint density at radius 1 is 1.06 bits per heavy atom. The van der Waals surface area contributed by atoms with Gasteiger partial charge in [0.25, 0.3) is 0 Å². The molecule has 0 spiro atoms. The first-order chi connectivity index (χ1) is 7.83. The van der Waals surface area contributed by atoms with Gasteiger partial charge in [-0.1, -0.05) is 18.2 Å². The Morgan fingerprint density at radius 3 is 2.81 bits per heavy atom. The predicted molar refractivity (Wildman–Crippen MR) is 60.6 cm³/mol. The number of pyridine rings is 1. The van der Waals surface area contributed by atoms with Crippen LogP contribution in [0.15, 0.2) is 54.9 Å². The lowest BCUT2D eigenvalue weighted by Gasteiger charge is -1.94. The van der Waals surface area contributed by atoms with Crippen LogP contribution in [0.25, 0.3) is 16.9 Å². The van der Waals surface area contributed by atoms with Gasteiger partial charge in [-0.2, -0.15) is 0 Å². The van der Waals surface area contributed by atoms with Crippen LogP contribution in [0.3, 0.4) is 0 Å². The van der Waals surface area contributed by atoms with E-state index in [1.54, 1.807) is 6.07 Å². The molecule has 0 aliphatic carbocycles. The van der Waals surface area contributed by atoms with Gasteiger partial charge in [-0.3, -0.25) is 0 Å². The van der Waals surface area contributed by atoms with Crippen molar-refractivity contribution in [1.82, 2.24) is 9.38 Å². The Hall–Kier alpha value is -2.16. The second-order valence-corrected chi connectivity index (χ2v) is 3.60. The molecule has 0 atom stereocenters. The standard InChI is InChI=1S/C13H9FN2/c14-11-5-3-4-10(8-11)12-9-16-7-2-1-6-13(16)15-12/h1-9H. The molecule has 2 nitrogen and oxygen atoms in total. The SMILES string of the molecule is Fc1cccc(-c2cn3ccccc3n2)c1. The summed E-state index contributed by atoms with van der Waals surface area (Å²) < 4.78 is 15.0. The molecule has 3 heteroatoms. The molecule has 16 heavy (non-hydrogen) atoms. The fourth-order valence-electron chi connectivity index (χ4n) is 1.72. The maximum absolute atomic E-state index is 13.1.